The van der Waals surface area contributed by atoms with Gasteiger partial charge in [0.25, 0.3) is 5.69 Å². The predicted molar refractivity (Wildman–Crippen MR) is 55.0 cm³/mol. The van der Waals surface area contributed by atoms with Gasteiger partial charge in [-0.05, 0) is 31.9 Å². The molecule has 70 valence electrons. The largest absolute Gasteiger partial charge is 0.496 e. The fraction of sp³-hybridized carbons (Fsp3) is 0.143. The number of halogens is 2. The number of hydrogen-bond acceptors (Lipinski definition) is 3. The molecule has 0 saturated carbocycles. The van der Waals surface area contributed by atoms with E-state index in [4.69, 9.17) is 4.74 Å². The van der Waals surface area contributed by atoms with Gasteiger partial charge in [-0.1, -0.05) is 0 Å². The van der Waals surface area contributed by atoms with Crippen LogP contribution in [0.3, 0.4) is 0 Å². The van der Waals surface area contributed by atoms with Crippen molar-refractivity contribution in [3.05, 3.63) is 31.2 Å². The highest BCUT2D eigenvalue weighted by Crippen LogP contribution is 2.35. The molecule has 0 aromatic heterocycles. The van der Waals surface area contributed by atoms with Crippen LogP contribution in [0.25, 0.3) is 0 Å². The third kappa shape index (κ3) is 2.19. The van der Waals surface area contributed by atoms with E-state index in [1.54, 1.807) is 6.07 Å². The second kappa shape index (κ2) is 4.06. The first-order valence-electron chi connectivity index (χ1n) is 3.23. The van der Waals surface area contributed by atoms with Gasteiger partial charge < -0.3 is 4.74 Å². The van der Waals surface area contributed by atoms with Crippen molar-refractivity contribution in [1.29, 1.82) is 0 Å². The van der Waals surface area contributed by atoms with Gasteiger partial charge in [-0.25, -0.2) is 0 Å². The van der Waals surface area contributed by atoms with E-state index < -0.39 is 4.92 Å². The second-order valence-electron chi connectivity index (χ2n) is 2.20. The fourth-order valence-corrected chi connectivity index (χ4v) is 1.77. The number of rotatable bonds is 2. The van der Waals surface area contributed by atoms with Gasteiger partial charge in [0.2, 0.25) is 0 Å². The van der Waals surface area contributed by atoms with E-state index in [0.29, 0.717) is 14.7 Å². The fourth-order valence-electron chi connectivity index (χ4n) is 0.814. The lowest BCUT2D eigenvalue weighted by molar-refractivity contribution is -0.385. The van der Waals surface area contributed by atoms with Crippen LogP contribution in [-0.2, 0) is 0 Å². The van der Waals surface area contributed by atoms with E-state index >= 15 is 0 Å². The maximum absolute atomic E-state index is 10.5. The Morgan fingerprint density at radius 2 is 2.00 bits per heavy atom. The zero-order valence-electron chi connectivity index (χ0n) is 6.58. The standard InChI is InChI=1S/C7H5Br2NO3/c1-13-7-3-4(8)6(10(11)12)2-5(7)9/h2-3H,1H3. The third-order valence-corrected chi connectivity index (χ3v) is 2.67. The highest BCUT2D eigenvalue weighted by Gasteiger charge is 2.15. The summed E-state index contributed by atoms with van der Waals surface area (Å²) in [5.74, 6) is 0.553. The Labute approximate surface area is 91.3 Å². The average molecular weight is 311 g/mol. The van der Waals surface area contributed by atoms with Gasteiger partial charge >= 0.3 is 0 Å². The van der Waals surface area contributed by atoms with Crippen molar-refractivity contribution < 1.29 is 9.66 Å². The Kier molecular flexibility index (Phi) is 3.27. The summed E-state index contributed by atoms with van der Waals surface area (Å²) in [5, 5.41) is 10.5. The van der Waals surface area contributed by atoms with Crippen molar-refractivity contribution in [1.82, 2.24) is 0 Å². The number of benzene rings is 1. The molecule has 1 aromatic rings. The molecule has 0 saturated heterocycles. The van der Waals surface area contributed by atoms with Gasteiger partial charge in [0.15, 0.2) is 0 Å². The molecular weight excluding hydrogens is 306 g/mol. The van der Waals surface area contributed by atoms with Crippen LogP contribution in [0.1, 0.15) is 0 Å². The number of ether oxygens (including phenoxy) is 1. The number of nitrogens with zero attached hydrogens (tertiary/aromatic N) is 1. The first-order valence-corrected chi connectivity index (χ1v) is 4.82. The molecule has 0 aliphatic heterocycles. The van der Waals surface area contributed by atoms with Crippen LogP contribution in [0.5, 0.6) is 5.75 Å². The second-order valence-corrected chi connectivity index (χ2v) is 3.90. The molecule has 4 nitrogen and oxygen atoms in total. The Hall–Kier alpha value is -0.620. The van der Waals surface area contributed by atoms with Gasteiger partial charge in [0.05, 0.1) is 21.0 Å². The van der Waals surface area contributed by atoms with E-state index in [-0.39, 0.29) is 5.69 Å². The summed E-state index contributed by atoms with van der Waals surface area (Å²) >= 11 is 6.24. The summed E-state index contributed by atoms with van der Waals surface area (Å²) in [4.78, 5) is 10.0. The van der Waals surface area contributed by atoms with Crippen LogP contribution in [0, 0.1) is 10.1 Å². The summed E-state index contributed by atoms with van der Waals surface area (Å²) in [5.41, 5.74) is 0.00711. The smallest absolute Gasteiger partial charge is 0.284 e. The van der Waals surface area contributed by atoms with Gasteiger partial charge in [0, 0.05) is 12.1 Å². The van der Waals surface area contributed by atoms with Crippen molar-refractivity contribution in [2.75, 3.05) is 7.11 Å². The molecule has 0 fully saturated rings. The lowest BCUT2D eigenvalue weighted by atomic mass is 10.3. The maximum atomic E-state index is 10.5. The zero-order valence-corrected chi connectivity index (χ0v) is 9.75. The van der Waals surface area contributed by atoms with Gasteiger partial charge in [-0.2, -0.15) is 0 Å². The molecule has 0 unspecified atom stereocenters. The maximum Gasteiger partial charge on any atom is 0.284 e. The Bertz CT molecular complexity index is 354. The molecule has 13 heavy (non-hydrogen) atoms. The molecule has 0 aliphatic carbocycles. The predicted octanol–water partition coefficient (Wildman–Crippen LogP) is 3.13. The van der Waals surface area contributed by atoms with E-state index in [9.17, 15) is 10.1 Å². The summed E-state index contributed by atoms with van der Waals surface area (Å²) in [6.45, 7) is 0. The minimum Gasteiger partial charge on any atom is -0.496 e. The molecule has 0 heterocycles. The highest BCUT2D eigenvalue weighted by atomic mass is 79.9. The normalized spacial score (nSPS) is 9.77. The first-order chi connectivity index (χ1) is 6.06. The molecule has 6 heteroatoms. The highest BCUT2D eigenvalue weighted by molar-refractivity contribution is 9.11. The molecule has 1 rings (SSSR count). The average Bonchev–Trinajstić information content (AvgIpc) is 2.07. The van der Waals surface area contributed by atoms with Crippen molar-refractivity contribution >= 4 is 37.5 Å². The van der Waals surface area contributed by atoms with Crippen molar-refractivity contribution in [3.63, 3.8) is 0 Å². The number of methoxy groups -OCH3 is 1. The zero-order chi connectivity index (χ0) is 10.0. The van der Waals surface area contributed by atoms with E-state index in [2.05, 4.69) is 31.9 Å². The van der Waals surface area contributed by atoms with Crippen LogP contribution in [0.2, 0.25) is 0 Å². The number of nitro benzene ring substituents is 1. The quantitative estimate of drug-likeness (QED) is 0.623. The summed E-state index contributed by atoms with van der Waals surface area (Å²) in [6.07, 6.45) is 0. The Morgan fingerprint density at radius 1 is 1.38 bits per heavy atom. The lowest BCUT2D eigenvalue weighted by Gasteiger charge is -2.03. The minimum atomic E-state index is -0.464. The Morgan fingerprint density at radius 3 is 2.46 bits per heavy atom. The van der Waals surface area contributed by atoms with Crippen molar-refractivity contribution in [3.8, 4) is 5.75 Å². The van der Waals surface area contributed by atoms with E-state index in [0.717, 1.165) is 0 Å². The van der Waals surface area contributed by atoms with E-state index in [1.807, 2.05) is 0 Å². The molecule has 0 atom stereocenters. The van der Waals surface area contributed by atoms with Gasteiger partial charge in [-0.15, -0.1) is 0 Å². The number of nitro groups is 1. The van der Waals surface area contributed by atoms with Crippen LogP contribution in [-0.4, -0.2) is 12.0 Å². The molecule has 0 spiro atoms. The van der Waals surface area contributed by atoms with Crippen LogP contribution < -0.4 is 4.74 Å². The topological polar surface area (TPSA) is 52.4 Å². The molecule has 0 N–H and O–H groups in total. The van der Waals surface area contributed by atoms with Crippen molar-refractivity contribution in [2.24, 2.45) is 0 Å². The Balaban J connectivity index is 3.28. The third-order valence-electron chi connectivity index (χ3n) is 1.42. The lowest BCUT2D eigenvalue weighted by Crippen LogP contribution is -1.91. The first kappa shape index (κ1) is 10.5. The molecule has 1 aromatic carbocycles. The molecular formula is C7H5Br2NO3. The summed E-state index contributed by atoms with van der Waals surface area (Å²) in [6, 6.07) is 2.94. The van der Waals surface area contributed by atoms with Crippen molar-refractivity contribution in [2.45, 2.75) is 0 Å². The summed E-state index contributed by atoms with van der Waals surface area (Å²) in [7, 11) is 1.50. The number of hydrogen-bond donors (Lipinski definition) is 0. The molecule has 0 amide bonds. The van der Waals surface area contributed by atoms with Crippen LogP contribution >= 0.6 is 31.9 Å². The molecule has 0 bridgehead atoms. The minimum absolute atomic E-state index is 0.00711. The molecule has 0 aliphatic rings. The van der Waals surface area contributed by atoms with Gasteiger partial charge in [0.1, 0.15) is 5.75 Å². The van der Waals surface area contributed by atoms with Crippen LogP contribution in [0.15, 0.2) is 21.1 Å². The van der Waals surface area contributed by atoms with Gasteiger partial charge in [-0.3, -0.25) is 10.1 Å². The SMILES string of the molecule is COc1cc(Br)c([N+](=O)[O-])cc1Br. The molecule has 0 radical (unpaired) electrons. The van der Waals surface area contributed by atoms with Crippen LogP contribution in [0.4, 0.5) is 5.69 Å². The monoisotopic (exact) mass is 309 g/mol. The van der Waals surface area contributed by atoms with E-state index in [1.165, 1.54) is 13.2 Å². The summed E-state index contributed by atoms with van der Waals surface area (Å²) < 4.78 is 5.92.